The lowest BCUT2D eigenvalue weighted by atomic mass is 9.97. The van der Waals surface area contributed by atoms with Gasteiger partial charge in [-0.3, -0.25) is 4.90 Å². The fourth-order valence-electron chi connectivity index (χ4n) is 2.25. The van der Waals surface area contributed by atoms with Gasteiger partial charge in [0.2, 0.25) is 0 Å². The van der Waals surface area contributed by atoms with Crippen LogP contribution < -0.4 is 5.73 Å². The molecule has 0 aliphatic carbocycles. The highest BCUT2D eigenvalue weighted by Crippen LogP contribution is 2.18. The summed E-state index contributed by atoms with van der Waals surface area (Å²) in [4.78, 5) is 2.31. The second kappa shape index (κ2) is 8.70. The zero-order chi connectivity index (χ0) is 11.4. The van der Waals surface area contributed by atoms with Gasteiger partial charge in [0.25, 0.3) is 0 Å². The topological polar surface area (TPSA) is 29.3 Å². The van der Waals surface area contributed by atoms with E-state index in [2.05, 4.69) is 4.90 Å². The Morgan fingerprint density at radius 3 is 2.33 bits per heavy atom. The minimum absolute atomic E-state index is 0. The number of hydrogen-bond acceptors (Lipinski definition) is 2. The summed E-state index contributed by atoms with van der Waals surface area (Å²) in [6, 6.07) is 7.02. The molecule has 2 nitrogen and oxygen atoms in total. The monoisotopic (exact) mass is 294 g/mol. The molecule has 0 saturated carbocycles. The molecule has 1 aromatic rings. The molecule has 0 atom stereocenters. The molecule has 2 rings (SSSR count). The fourth-order valence-corrected chi connectivity index (χ4v) is 2.25. The number of benzene rings is 1. The van der Waals surface area contributed by atoms with Crippen LogP contribution in [-0.2, 0) is 6.54 Å². The predicted octanol–water partition coefficient (Wildman–Crippen LogP) is 2.84. The van der Waals surface area contributed by atoms with Crippen molar-refractivity contribution in [1.29, 1.82) is 0 Å². The van der Waals surface area contributed by atoms with E-state index in [9.17, 15) is 4.39 Å². The van der Waals surface area contributed by atoms with Crippen molar-refractivity contribution in [1.82, 2.24) is 4.90 Å². The van der Waals surface area contributed by atoms with Gasteiger partial charge in [-0.05, 0) is 44.5 Å². The van der Waals surface area contributed by atoms with Crippen molar-refractivity contribution in [2.24, 2.45) is 11.7 Å². The Hall–Kier alpha value is -0.350. The van der Waals surface area contributed by atoms with Gasteiger partial charge in [0.15, 0.2) is 0 Å². The molecule has 1 saturated heterocycles. The van der Waals surface area contributed by atoms with Crippen LogP contribution in [0.2, 0.25) is 0 Å². The highest BCUT2D eigenvalue weighted by atomic mass is 35.5. The summed E-state index contributed by atoms with van der Waals surface area (Å²) in [6.45, 7) is 3.59. The van der Waals surface area contributed by atoms with E-state index in [-0.39, 0.29) is 30.6 Å². The van der Waals surface area contributed by atoms with E-state index < -0.39 is 0 Å². The Balaban J connectivity index is 0.00000144. The first kappa shape index (κ1) is 17.6. The van der Waals surface area contributed by atoms with E-state index in [1.807, 2.05) is 12.1 Å². The summed E-state index contributed by atoms with van der Waals surface area (Å²) in [7, 11) is 0. The maximum atomic E-state index is 13.4. The molecule has 1 aliphatic heterocycles. The lowest BCUT2D eigenvalue weighted by molar-refractivity contribution is 0.178. The van der Waals surface area contributed by atoms with Crippen molar-refractivity contribution in [2.45, 2.75) is 19.4 Å². The molecule has 1 fully saturated rings. The van der Waals surface area contributed by atoms with Gasteiger partial charge >= 0.3 is 0 Å². The average Bonchev–Trinajstić information content (AvgIpc) is 2.33. The molecule has 0 unspecified atom stereocenters. The van der Waals surface area contributed by atoms with Crippen LogP contribution >= 0.6 is 24.8 Å². The van der Waals surface area contributed by atoms with Gasteiger partial charge in [-0.25, -0.2) is 4.39 Å². The first-order valence-corrected chi connectivity index (χ1v) is 5.95. The van der Waals surface area contributed by atoms with Gasteiger partial charge < -0.3 is 5.73 Å². The first-order chi connectivity index (χ1) is 7.79. The number of piperidine rings is 1. The van der Waals surface area contributed by atoms with Crippen LogP contribution in [-0.4, -0.2) is 24.5 Å². The third-order valence-corrected chi connectivity index (χ3v) is 3.39. The number of hydrogen-bond donors (Lipinski definition) is 1. The Kier molecular flexibility index (Phi) is 8.53. The molecule has 5 heteroatoms. The quantitative estimate of drug-likeness (QED) is 0.929. The second-order valence-electron chi connectivity index (χ2n) is 4.55. The van der Waals surface area contributed by atoms with Gasteiger partial charge in [-0.15, -0.1) is 24.8 Å². The number of nitrogens with zero attached hydrogens (tertiary/aromatic N) is 1. The SMILES string of the molecule is Cl.Cl.NCC1CCN(Cc2ccccc2F)CC1. The van der Waals surface area contributed by atoms with E-state index in [4.69, 9.17) is 5.73 Å². The lowest BCUT2D eigenvalue weighted by Crippen LogP contribution is -2.35. The standard InChI is InChI=1S/C13H19FN2.2ClH/c14-13-4-2-1-3-12(13)10-16-7-5-11(9-15)6-8-16;;/h1-4,11H,5-10,15H2;2*1H. The Bertz CT molecular complexity index is 342. The van der Waals surface area contributed by atoms with E-state index in [1.165, 1.54) is 6.07 Å². The summed E-state index contributed by atoms with van der Waals surface area (Å²) in [5.41, 5.74) is 6.45. The van der Waals surface area contributed by atoms with E-state index in [0.29, 0.717) is 5.92 Å². The molecule has 104 valence electrons. The smallest absolute Gasteiger partial charge is 0.127 e. The van der Waals surface area contributed by atoms with Crippen LogP contribution in [0.1, 0.15) is 18.4 Å². The maximum Gasteiger partial charge on any atom is 0.127 e. The number of halogens is 3. The minimum atomic E-state index is -0.0940. The highest BCUT2D eigenvalue weighted by Gasteiger charge is 2.18. The Morgan fingerprint density at radius 2 is 1.78 bits per heavy atom. The number of likely N-dealkylation sites (tertiary alicyclic amines) is 1. The van der Waals surface area contributed by atoms with Crippen LogP contribution in [0.25, 0.3) is 0 Å². The summed E-state index contributed by atoms with van der Waals surface area (Å²) >= 11 is 0. The first-order valence-electron chi connectivity index (χ1n) is 5.95. The van der Waals surface area contributed by atoms with Crippen LogP contribution in [0.15, 0.2) is 24.3 Å². The molecule has 0 radical (unpaired) electrons. The summed E-state index contributed by atoms with van der Waals surface area (Å²) in [5, 5.41) is 0. The molecule has 0 spiro atoms. The Labute approximate surface area is 121 Å². The molecule has 1 aromatic carbocycles. The minimum Gasteiger partial charge on any atom is -0.330 e. The molecule has 18 heavy (non-hydrogen) atoms. The van der Waals surface area contributed by atoms with Crippen LogP contribution in [0.5, 0.6) is 0 Å². The van der Waals surface area contributed by atoms with Crippen molar-refractivity contribution in [3.8, 4) is 0 Å². The maximum absolute atomic E-state index is 13.4. The average molecular weight is 295 g/mol. The largest absolute Gasteiger partial charge is 0.330 e. The molecule has 2 N–H and O–H groups in total. The van der Waals surface area contributed by atoms with Crippen molar-refractivity contribution in [3.63, 3.8) is 0 Å². The third kappa shape index (κ3) is 4.73. The van der Waals surface area contributed by atoms with Crippen molar-refractivity contribution < 1.29 is 4.39 Å². The fraction of sp³-hybridized carbons (Fsp3) is 0.538. The van der Waals surface area contributed by atoms with Crippen molar-refractivity contribution >= 4 is 24.8 Å². The van der Waals surface area contributed by atoms with Crippen LogP contribution in [0, 0.1) is 11.7 Å². The number of rotatable bonds is 3. The van der Waals surface area contributed by atoms with Gasteiger partial charge in [-0.2, -0.15) is 0 Å². The Morgan fingerprint density at radius 1 is 1.17 bits per heavy atom. The van der Waals surface area contributed by atoms with Gasteiger partial charge in [0, 0.05) is 12.1 Å². The molecular weight excluding hydrogens is 274 g/mol. The molecule has 0 bridgehead atoms. The van der Waals surface area contributed by atoms with Gasteiger partial charge in [0.1, 0.15) is 5.82 Å². The summed E-state index contributed by atoms with van der Waals surface area (Å²) < 4.78 is 13.4. The molecule has 0 amide bonds. The van der Waals surface area contributed by atoms with Gasteiger partial charge in [0.05, 0.1) is 0 Å². The number of nitrogens with two attached hydrogens (primary N) is 1. The van der Waals surface area contributed by atoms with Crippen LogP contribution in [0.4, 0.5) is 4.39 Å². The molecular formula is C13H21Cl2FN2. The molecule has 0 aromatic heterocycles. The summed E-state index contributed by atoms with van der Waals surface area (Å²) in [5.74, 6) is 0.570. The van der Waals surface area contributed by atoms with Crippen molar-refractivity contribution in [2.75, 3.05) is 19.6 Å². The van der Waals surface area contributed by atoms with E-state index >= 15 is 0 Å². The van der Waals surface area contributed by atoms with Crippen molar-refractivity contribution in [3.05, 3.63) is 35.6 Å². The van der Waals surface area contributed by atoms with Gasteiger partial charge in [-0.1, -0.05) is 18.2 Å². The molecule has 1 aliphatic rings. The highest BCUT2D eigenvalue weighted by molar-refractivity contribution is 5.85. The summed E-state index contributed by atoms with van der Waals surface area (Å²) in [6.07, 6.45) is 2.29. The van der Waals surface area contributed by atoms with Crippen LogP contribution in [0.3, 0.4) is 0 Å². The lowest BCUT2D eigenvalue weighted by Gasteiger charge is -2.31. The predicted molar refractivity (Wildman–Crippen MR) is 78.0 cm³/mol. The third-order valence-electron chi connectivity index (χ3n) is 3.39. The van der Waals surface area contributed by atoms with E-state index in [0.717, 1.165) is 44.6 Å². The second-order valence-corrected chi connectivity index (χ2v) is 4.55. The van der Waals surface area contributed by atoms with E-state index in [1.54, 1.807) is 6.07 Å². The zero-order valence-electron chi connectivity index (χ0n) is 10.3. The molecule has 1 heterocycles. The zero-order valence-corrected chi connectivity index (χ0v) is 12.0. The normalized spacial score (nSPS) is 16.8.